The number of carbonyl (C=O) groups excluding carboxylic acids is 2. The summed E-state index contributed by atoms with van der Waals surface area (Å²) in [6, 6.07) is 7.74. The van der Waals surface area contributed by atoms with Crippen molar-refractivity contribution in [2.75, 3.05) is 18.5 Å². The third kappa shape index (κ3) is 5.33. The maximum Gasteiger partial charge on any atom is 0.341 e. The highest BCUT2D eigenvalue weighted by Crippen LogP contribution is 2.45. The number of ether oxygens (including phenoxy) is 2. The molecule has 174 valence electrons. The summed E-state index contributed by atoms with van der Waals surface area (Å²) in [6.07, 6.45) is 0.672. The summed E-state index contributed by atoms with van der Waals surface area (Å²) in [7, 11) is 0. The molecule has 0 fully saturated rings. The SMILES string of the molecule is CCOC(=O)c1c(NC(=O)COc2ccc(C(C)C)cc2)sc2c1CC(C)(C)NC2(C)C. The predicted molar refractivity (Wildman–Crippen MR) is 129 cm³/mol. The van der Waals surface area contributed by atoms with Gasteiger partial charge in [0, 0.05) is 16.0 Å². The van der Waals surface area contributed by atoms with Gasteiger partial charge in [-0.15, -0.1) is 11.3 Å². The van der Waals surface area contributed by atoms with Crippen LogP contribution in [0.1, 0.15) is 80.7 Å². The van der Waals surface area contributed by atoms with Crippen LogP contribution in [0.5, 0.6) is 5.75 Å². The highest BCUT2D eigenvalue weighted by Gasteiger charge is 2.42. The first-order chi connectivity index (χ1) is 14.9. The molecule has 0 radical (unpaired) electrons. The molecular weight excluding hydrogens is 424 g/mol. The van der Waals surface area contributed by atoms with Crippen molar-refractivity contribution >= 4 is 28.2 Å². The van der Waals surface area contributed by atoms with Gasteiger partial charge >= 0.3 is 5.97 Å². The number of nitrogens with one attached hydrogen (secondary N) is 2. The Kier molecular flexibility index (Phi) is 7.00. The van der Waals surface area contributed by atoms with Crippen LogP contribution in [-0.4, -0.2) is 30.6 Å². The number of rotatable bonds is 7. The van der Waals surface area contributed by atoms with Crippen molar-refractivity contribution < 1.29 is 19.1 Å². The van der Waals surface area contributed by atoms with Gasteiger partial charge in [0.1, 0.15) is 10.8 Å². The Bertz CT molecular complexity index is 990. The van der Waals surface area contributed by atoms with Gasteiger partial charge in [-0.3, -0.25) is 4.79 Å². The Labute approximate surface area is 194 Å². The molecule has 32 heavy (non-hydrogen) atoms. The fourth-order valence-electron chi connectivity index (χ4n) is 4.30. The summed E-state index contributed by atoms with van der Waals surface area (Å²) >= 11 is 1.43. The molecule has 0 aliphatic carbocycles. The third-order valence-corrected chi connectivity index (χ3v) is 6.96. The lowest BCUT2D eigenvalue weighted by Crippen LogP contribution is -2.55. The van der Waals surface area contributed by atoms with E-state index in [4.69, 9.17) is 9.47 Å². The third-order valence-electron chi connectivity index (χ3n) is 5.49. The predicted octanol–water partition coefficient (Wildman–Crippen LogP) is 5.23. The molecule has 6 nitrogen and oxygen atoms in total. The van der Waals surface area contributed by atoms with Crippen molar-refractivity contribution in [1.29, 1.82) is 0 Å². The highest BCUT2D eigenvalue weighted by molar-refractivity contribution is 7.17. The summed E-state index contributed by atoms with van der Waals surface area (Å²) in [4.78, 5) is 26.6. The zero-order chi connectivity index (χ0) is 23.7. The number of amides is 1. The fraction of sp³-hybridized carbons (Fsp3) is 0.520. The van der Waals surface area contributed by atoms with E-state index in [0.717, 1.165) is 10.4 Å². The molecule has 1 aromatic carbocycles. The molecule has 0 saturated carbocycles. The number of thiophene rings is 1. The second kappa shape index (κ2) is 9.24. The maximum absolute atomic E-state index is 12.8. The molecule has 2 aromatic rings. The summed E-state index contributed by atoms with van der Waals surface area (Å²) < 4.78 is 11.0. The number of fused-ring (bicyclic) bond motifs is 1. The van der Waals surface area contributed by atoms with Gasteiger partial charge in [0.25, 0.3) is 5.91 Å². The Hall–Kier alpha value is -2.38. The minimum absolute atomic E-state index is 0.140. The van der Waals surface area contributed by atoms with Gasteiger partial charge in [-0.2, -0.15) is 0 Å². The van der Waals surface area contributed by atoms with Crippen LogP contribution in [0.3, 0.4) is 0 Å². The smallest absolute Gasteiger partial charge is 0.341 e. The van der Waals surface area contributed by atoms with Crippen molar-refractivity contribution in [3.63, 3.8) is 0 Å². The van der Waals surface area contributed by atoms with Crippen LogP contribution in [0.15, 0.2) is 24.3 Å². The molecule has 2 heterocycles. The quantitative estimate of drug-likeness (QED) is 0.556. The standard InChI is InChI=1S/C25H34N2O4S/c1-8-30-23(29)20-18-13-24(4,5)27-25(6,7)21(18)32-22(20)26-19(28)14-31-17-11-9-16(10-12-17)15(2)3/h9-12,15,27H,8,13-14H2,1-7H3,(H,26,28). The lowest BCUT2D eigenvalue weighted by atomic mass is 9.81. The molecule has 0 unspecified atom stereocenters. The van der Waals surface area contributed by atoms with Crippen LogP contribution in [0.25, 0.3) is 0 Å². The molecule has 1 aromatic heterocycles. The van der Waals surface area contributed by atoms with Gasteiger partial charge in [-0.1, -0.05) is 26.0 Å². The van der Waals surface area contributed by atoms with E-state index in [1.165, 1.54) is 16.9 Å². The zero-order valence-electron chi connectivity index (χ0n) is 20.0. The average molecular weight is 459 g/mol. The molecule has 0 bridgehead atoms. The second-order valence-corrected chi connectivity index (χ2v) is 10.7. The lowest BCUT2D eigenvalue weighted by Gasteiger charge is -2.42. The Balaban J connectivity index is 1.81. The molecule has 1 aliphatic rings. The molecule has 0 saturated heterocycles. The van der Waals surface area contributed by atoms with Gasteiger partial charge in [-0.05, 0) is 70.2 Å². The van der Waals surface area contributed by atoms with Gasteiger partial charge in [0.2, 0.25) is 0 Å². The molecule has 2 N–H and O–H groups in total. The second-order valence-electron chi connectivity index (χ2n) is 9.71. The number of carbonyl (C=O) groups is 2. The molecule has 0 atom stereocenters. The molecule has 1 amide bonds. The van der Waals surface area contributed by atoms with Gasteiger partial charge in [0.15, 0.2) is 6.61 Å². The first-order valence-corrected chi connectivity index (χ1v) is 11.9. The van der Waals surface area contributed by atoms with E-state index in [1.807, 2.05) is 24.3 Å². The van der Waals surface area contributed by atoms with Crippen LogP contribution in [0, 0.1) is 0 Å². The summed E-state index contributed by atoms with van der Waals surface area (Å²) in [5, 5.41) is 7.05. The van der Waals surface area contributed by atoms with Crippen LogP contribution < -0.4 is 15.4 Å². The van der Waals surface area contributed by atoms with Crippen LogP contribution in [0.4, 0.5) is 5.00 Å². The van der Waals surface area contributed by atoms with Crippen LogP contribution in [-0.2, 0) is 21.5 Å². The van der Waals surface area contributed by atoms with E-state index >= 15 is 0 Å². The highest BCUT2D eigenvalue weighted by atomic mass is 32.1. The summed E-state index contributed by atoms with van der Waals surface area (Å²) in [5.74, 6) is 0.348. The summed E-state index contributed by atoms with van der Waals surface area (Å²) in [6.45, 7) is 14.6. The number of hydrogen-bond donors (Lipinski definition) is 2. The lowest BCUT2D eigenvalue weighted by molar-refractivity contribution is -0.118. The first-order valence-electron chi connectivity index (χ1n) is 11.1. The van der Waals surface area contributed by atoms with Gasteiger partial charge in [0.05, 0.1) is 12.2 Å². The Morgan fingerprint density at radius 2 is 1.81 bits per heavy atom. The molecular formula is C25H34N2O4S. The van der Waals surface area contributed by atoms with E-state index in [0.29, 0.717) is 28.7 Å². The maximum atomic E-state index is 12.8. The zero-order valence-corrected chi connectivity index (χ0v) is 20.9. The van der Waals surface area contributed by atoms with Crippen molar-refractivity contribution in [2.24, 2.45) is 0 Å². The van der Waals surface area contributed by atoms with E-state index < -0.39 is 5.97 Å². The van der Waals surface area contributed by atoms with Crippen molar-refractivity contribution in [2.45, 2.75) is 71.9 Å². The summed E-state index contributed by atoms with van der Waals surface area (Å²) in [5.41, 5.74) is 2.10. The van der Waals surface area contributed by atoms with Gasteiger partial charge in [-0.25, -0.2) is 4.79 Å². The minimum atomic E-state index is -0.404. The molecule has 3 rings (SSSR count). The number of hydrogen-bond acceptors (Lipinski definition) is 6. The van der Waals surface area contributed by atoms with Crippen LogP contribution >= 0.6 is 11.3 Å². The van der Waals surface area contributed by atoms with Crippen LogP contribution in [0.2, 0.25) is 0 Å². The monoisotopic (exact) mass is 458 g/mol. The largest absolute Gasteiger partial charge is 0.484 e. The average Bonchev–Trinajstić information content (AvgIpc) is 3.03. The van der Waals surface area contributed by atoms with Crippen molar-refractivity contribution in [1.82, 2.24) is 5.32 Å². The van der Waals surface area contributed by atoms with E-state index in [1.54, 1.807) is 6.92 Å². The van der Waals surface area contributed by atoms with Crippen molar-refractivity contribution in [3.8, 4) is 5.75 Å². The van der Waals surface area contributed by atoms with E-state index in [-0.39, 0.29) is 30.2 Å². The van der Waals surface area contributed by atoms with E-state index in [2.05, 4.69) is 52.2 Å². The Morgan fingerprint density at radius 1 is 1.16 bits per heavy atom. The number of esters is 1. The Morgan fingerprint density at radius 3 is 2.41 bits per heavy atom. The minimum Gasteiger partial charge on any atom is -0.484 e. The van der Waals surface area contributed by atoms with Gasteiger partial charge < -0.3 is 20.1 Å². The molecule has 1 aliphatic heterocycles. The normalized spacial score (nSPS) is 16.4. The first kappa shape index (κ1) is 24.3. The number of benzene rings is 1. The van der Waals surface area contributed by atoms with Crippen molar-refractivity contribution in [3.05, 3.63) is 45.8 Å². The molecule has 7 heteroatoms. The topological polar surface area (TPSA) is 76.7 Å². The fourth-order valence-corrected chi connectivity index (χ4v) is 5.58. The van der Waals surface area contributed by atoms with E-state index in [9.17, 15) is 9.59 Å². The number of anilines is 1. The molecule has 0 spiro atoms.